The summed E-state index contributed by atoms with van der Waals surface area (Å²) in [5.74, 6) is -1.70. The maximum atomic E-state index is 11.8. The van der Waals surface area contributed by atoms with E-state index in [1.807, 2.05) is 0 Å². The van der Waals surface area contributed by atoms with Crippen LogP contribution in [0, 0.1) is 0 Å². The van der Waals surface area contributed by atoms with Gasteiger partial charge in [0.1, 0.15) is 0 Å². The van der Waals surface area contributed by atoms with Gasteiger partial charge in [-0.25, -0.2) is 4.79 Å². The summed E-state index contributed by atoms with van der Waals surface area (Å²) < 4.78 is 0. The first kappa shape index (κ1) is 11.7. The van der Waals surface area contributed by atoms with Gasteiger partial charge in [0.2, 0.25) is 0 Å². The van der Waals surface area contributed by atoms with Gasteiger partial charge < -0.3 is 10.6 Å². The fourth-order valence-electron chi connectivity index (χ4n) is 1.56. The molecule has 0 atom stereocenters. The molecule has 18 heavy (non-hydrogen) atoms. The van der Waals surface area contributed by atoms with Gasteiger partial charge >= 0.3 is 17.6 Å². The van der Waals surface area contributed by atoms with Gasteiger partial charge in [-0.1, -0.05) is 6.07 Å². The van der Waals surface area contributed by atoms with Crippen LogP contribution in [0.4, 0.5) is 5.69 Å². The molecule has 1 aromatic carbocycles. The molecule has 0 radical (unpaired) electrons. The van der Waals surface area contributed by atoms with Crippen molar-refractivity contribution < 1.29 is 19.5 Å². The van der Waals surface area contributed by atoms with E-state index in [1.165, 1.54) is 25.1 Å². The van der Waals surface area contributed by atoms with Crippen LogP contribution in [0.3, 0.4) is 0 Å². The number of amides is 1. The molecule has 0 saturated carbocycles. The van der Waals surface area contributed by atoms with Crippen LogP contribution in [0.2, 0.25) is 0 Å². The highest BCUT2D eigenvalue weighted by atomic mass is 16.4. The summed E-state index contributed by atoms with van der Waals surface area (Å²) in [6.45, 7) is 1.52. The lowest BCUT2D eigenvalue weighted by atomic mass is 10.2. The zero-order valence-electron chi connectivity index (χ0n) is 9.36. The largest absolute Gasteiger partial charge is 0.478 e. The smallest absolute Gasteiger partial charge is 0.404 e. The Hall–Kier alpha value is -2.79. The first-order valence-corrected chi connectivity index (χ1v) is 5.00. The van der Waals surface area contributed by atoms with Crippen LogP contribution >= 0.6 is 0 Å². The van der Waals surface area contributed by atoms with Crippen molar-refractivity contribution in [3.8, 4) is 0 Å². The Morgan fingerprint density at radius 2 is 2.22 bits per heavy atom. The summed E-state index contributed by atoms with van der Waals surface area (Å²) in [5, 5.41) is 13.8. The number of aromatic carboxylic acids is 1. The van der Waals surface area contributed by atoms with E-state index >= 15 is 0 Å². The molecule has 7 heteroatoms. The van der Waals surface area contributed by atoms with Crippen molar-refractivity contribution in [1.82, 2.24) is 0 Å². The topological polar surface area (TPSA) is 106 Å². The van der Waals surface area contributed by atoms with Crippen LogP contribution < -0.4 is 5.01 Å². The fraction of sp³-hybridized carbons (Fsp3) is 0.0909. The molecule has 1 aromatic rings. The van der Waals surface area contributed by atoms with Crippen LogP contribution in [-0.4, -0.2) is 33.2 Å². The van der Waals surface area contributed by atoms with Crippen LogP contribution in [0.25, 0.3) is 5.53 Å². The average molecular weight is 244 g/mol. The Bertz CT molecular complexity index is 629. The third-order valence-corrected chi connectivity index (χ3v) is 2.43. The SMILES string of the molecule is CC1=NN(c2cccc(C(=O)O)c2)C(=O)C1=[N+]=[N-]. The molecule has 0 saturated heterocycles. The first-order valence-electron chi connectivity index (χ1n) is 5.00. The lowest BCUT2D eigenvalue weighted by molar-refractivity contribution is -0.115. The number of hydrogen-bond donors (Lipinski definition) is 1. The monoisotopic (exact) mass is 244 g/mol. The molecule has 1 heterocycles. The summed E-state index contributed by atoms with van der Waals surface area (Å²) in [5.41, 5.74) is 9.14. The minimum Gasteiger partial charge on any atom is -0.478 e. The molecule has 0 aromatic heterocycles. The molecule has 1 aliphatic heterocycles. The average Bonchev–Trinajstić information content (AvgIpc) is 2.64. The number of carboxylic acids is 1. The van der Waals surface area contributed by atoms with E-state index in [9.17, 15) is 9.59 Å². The number of benzene rings is 1. The molecular formula is C11H8N4O3. The maximum Gasteiger partial charge on any atom is 0.404 e. The van der Waals surface area contributed by atoms with Crippen molar-refractivity contribution in [2.24, 2.45) is 5.10 Å². The summed E-state index contributed by atoms with van der Waals surface area (Å²) in [4.78, 5) is 25.5. The van der Waals surface area contributed by atoms with Gasteiger partial charge in [0, 0.05) is 0 Å². The summed E-state index contributed by atoms with van der Waals surface area (Å²) in [7, 11) is 0. The first-order chi connectivity index (χ1) is 8.54. The molecule has 1 aliphatic rings. The second-order valence-corrected chi connectivity index (χ2v) is 3.61. The Labute approximate surface area is 102 Å². The predicted molar refractivity (Wildman–Crippen MR) is 62.6 cm³/mol. The van der Waals surface area contributed by atoms with Gasteiger partial charge in [-0.05, 0) is 25.1 Å². The number of nitrogens with zero attached hydrogens (tertiary/aromatic N) is 4. The number of hydrazone groups is 1. The third kappa shape index (κ3) is 1.79. The van der Waals surface area contributed by atoms with E-state index in [4.69, 9.17) is 10.6 Å². The van der Waals surface area contributed by atoms with Crippen molar-refractivity contribution in [3.63, 3.8) is 0 Å². The minimum absolute atomic E-state index is 0.0440. The molecular weight excluding hydrogens is 236 g/mol. The van der Waals surface area contributed by atoms with E-state index in [2.05, 4.69) is 9.89 Å². The minimum atomic E-state index is -1.10. The second-order valence-electron chi connectivity index (χ2n) is 3.61. The van der Waals surface area contributed by atoms with E-state index in [0.717, 1.165) is 5.01 Å². The van der Waals surface area contributed by atoms with Crippen molar-refractivity contribution in [1.29, 1.82) is 0 Å². The van der Waals surface area contributed by atoms with E-state index in [0.29, 0.717) is 5.69 Å². The van der Waals surface area contributed by atoms with Crippen LogP contribution in [-0.2, 0) is 4.79 Å². The molecule has 0 fully saturated rings. The second kappa shape index (κ2) is 4.23. The molecule has 7 nitrogen and oxygen atoms in total. The Kier molecular flexibility index (Phi) is 2.75. The number of hydrogen-bond acceptors (Lipinski definition) is 3. The van der Waals surface area contributed by atoms with Crippen LogP contribution in [0.5, 0.6) is 0 Å². The zero-order chi connectivity index (χ0) is 13.3. The predicted octanol–water partition coefficient (Wildman–Crippen LogP) is 0.778. The molecule has 0 unspecified atom stereocenters. The molecule has 0 aliphatic carbocycles. The standard InChI is InChI=1S/C11H8N4O3/c1-6-9(13-12)10(16)15(14-6)8-4-2-3-7(5-8)11(17)18/h2-5H,1H3,(H,17,18). The number of carboxylic acid groups (broad SMARTS) is 1. The fourth-order valence-corrected chi connectivity index (χ4v) is 1.56. The van der Waals surface area contributed by atoms with Crippen molar-refractivity contribution in [3.05, 3.63) is 35.4 Å². The van der Waals surface area contributed by atoms with E-state index < -0.39 is 11.9 Å². The van der Waals surface area contributed by atoms with Crippen molar-refractivity contribution >= 4 is 29.0 Å². The highest BCUT2D eigenvalue weighted by molar-refractivity contribution is 6.69. The molecule has 90 valence electrons. The molecule has 0 spiro atoms. The van der Waals surface area contributed by atoms with Gasteiger partial charge in [0.15, 0.2) is 5.71 Å². The quantitative estimate of drug-likeness (QED) is 0.613. The maximum absolute atomic E-state index is 11.8. The summed E-state index contributed by atoms with van der Waals surface area (Å²) in [6, 6.07) is 5.77. The summed E-state index contributed by atoms with van der Waals surface area (Å²) >= 11 is 0. The number of carbonyl (C=O) groups is 2. The summed E-state index contributed by atoms with van der Waals surface area (Å²) in [6.07, 6.45) is 0. The number of anilines is 1. The van der Waals surface area contributed by atoms with Gasteiger partial charge in [-0.2, -0.15) is 14.9 Å². The van der Waals surface area contributed by atoms with Gasteiger partial charge in [-0.3, -0.25) is 4.79 Å². The normalized spacial score (nSPS) is 14.5. The zero-order valence-corrected chi connectivity index (χ0v) is 9.36. The van der Waals surface area contributed by atoms with Gasteiger partial charge in [-0.15, -0.1) is 0 Å². The Morgan fingerprint density at radius 1 is 1.50 bits per heavy atom. The number of carbonyl (C=O) groups excluding carboxylic acids is 1. The molecule has 1 amide bonds. The lowest BCUT2D eigenvalue weighted by Crippen LogP contribution is -2.27. The Morgan fingerprint density at radius 3 is 2.78 bits per heavy atom. The molecule has 1 N–H and O–H groups in total. The van der Waals surface area contributed by atoms with E-state index in [1.54, 1.807) is 6.07 Å². The molecule has 2 rings (SSSR count). The third-order valence-electron chi connectivity index (χ3n) is 2.43. The molecule has 0 bridgehead atoms. The van der Waals surface area contributed by atoms with Crippen molar-refractivity contribution in [2.45, 2.75) is 6.92 Å². The number of rotatable bonds is 2. The highest BCUT2D eigenvalue weighted by Gasteiger charge is 2.37. The van der Waals surface area contributed by atoms with Gasteiger partial charge in [0.25, 0.3) is 0 Å². The van der Waals surface area contributed by atoms with Crippen molar-refractivity contribution in [2.75, 3.05) is 5.01 Å². The highest BCUT2D eigenvalue weighted by Crippen LogP contribution is 2.20. The van der Waals surface area contributed by atoms with Crippen LogP contribution in [0.1, 0.15) is 17.3 Å². The van der Waals surface area contributed by atoms with Gasteiger partial charge in [0.05, 0.1) is 11.3 Å². The lowest BCUT2D eigenvalue weighted by Gasteiger charge is -2.10. The Balaban J connectivity index is 2.46. The van der Waals surface area contributed by atoms with E-state index in [-0.39, 0.29) is 17.0 Å². The van der Waals surface area contributed by atoms with Crippen LogP contribution in [0.15, 0.2) is 29.4 Å².